The van der Waals surface area contributed by atoms with E-state index >= 15 is 0 Å². The van der Waals surface area contributed by atoms with E-state index in [0.717, 1.165) is 11.4 Å². The predicted octanol–water partition coefficient (Wildman–Crippen LogP) is 0.146. The summed E-state index contributed by atoms with van der Waals surface area (Å²) in [5.74, 6) is 0. The zero-order chi connectivity index (χ0) is 14.8. The molecule has 0 aromatic carbocycles. The van der Waals surface area contributed by atoms with Crippen molar-refractivity contribution in [2.45, 2.75) is 45.9 Å². The average molecular weight is 270 g/mol. The maximum absolute atomic E-state index is 10.1. The van der Waals surface area contributed by atoms with E-state index in [0.29, 0.717) is 25.3 Å². The second-order valence-electron chi connectivity index (χ2n) is 5.93. The van der Waals surface area contributed by atoms with Crippen molar-refractivity contribution in [1.29, 1.82) is 0 Å². The van der Waals surface area contributed by atoms with Gasteiger partial charge in [-0.05, 0) is 34.7 Å². The SMILES string of the molecule is Cc1nn(CC(O)CN(C)CC(C)(C)O)c(C)c1N. The van der Waals surface area contributed by atoms with Gasteiger partial charge in [0.25, 0.3) is 0 Å². The third kappa shape index (κ3) is 4.81. The molecule has 0 aliphatic carbocycles. The van der Waals surface area contributed by atoms with Crippen LogP contribution in [0, 0.1) is 13.8 Å². The van der Waals surface area contributed by atoms with Crippen LogP contribution in [0.1, 0.15) is 25.2 Å². The fraction of sp³-hybridized carbons (Fsp3) is 0.769. The molecule has 0 aliphatic heterocycles. The van der Waals surface area contributed by atoms with Gasteiger partial charge < -0.3 is 20.8 Å². The Morgan fingerprint density at radius 3 is 2.42 bits per heavy atom. The van der Waals surface area contributed by atoms with Crippen molar-refractivity contribution in [1.82, 2.24) is 14.7 Å². The summed E-state index contributed by atoms with van der Waals surface area (Å²) in [5.41, 5.74) is 7.43. The molecule has 1 aromatic rings. The number of rotatable bonds is 6. The summed E-state index contributed by atoms with van der Waals surface area (Å²) in [6, 6.07) is 0. The number of aromatic nitrogens is 2. The molecule has 0 saturated heterocycles. The Morgan fingerprint density at radius 2 is 2.00 bits per heavy atom. The number of nitrogens with zero attached hydrogens (tertiary/aromatic N) is 3. The second-order valence-corrected chi connectivity index (χ2v) is 5.93. The predicted molar refractivity (Wildman–Crippen MR) is 75.9 cm³/mol. The van der Waals surface area contributed by atoms with Gasteiger partial charge in [-0.3, -0.25) is 4.68 Å². The molecule has 1 rings (SSSR count). The minimum absolute atomic E-state index is 0.403. The molecule has 4 N–H and O–H groups in total. The molecule has 110 valence electrons. The van der Waals surface area contributed by atoms with Crippen molar-refractivity contribution < 1.29 is 10.2 Å². The van der Waals surface area contributed by atoms with Crippen LogP contribution >= 0.6 is 0 Å². The Balaban J connectivity index is 2.55. The highest BCUT2D eigenvalue weighted by molar-refractivity contribution is 5.46. The fourth-order valence-electron chi connectivity index (χ4n) is 2.23. The quantitative estimate of drug-likeness (QED) is 0.684. The van der Waals surface area contributed by atoms with Crippen LogP contribution < -0.4 is 5.73 Å². The van der Waals surface area contributed by atoms with E-state index in [-0.39, 0.29) is 0 Å². The molecule has 1 heterocycles. The van der Waals surface area contributed by atoms with Crippen LogP contribution in [0.4, 0.5) is 5.69 Å². The Kier molecular flexibility index (Phi) is 4.95. The molecule has 0 bridgehead atoms. The molecular formula is C13H26N4O2. The number of aliphatic hydroxyl groups is 2. The summed E-state index contributed by atoms with van der Waals surface area (Å²) in [5, 5.41) is 24.1. The van der Waals surface area contributed by atoms with Crippen molar-refractivity contribution in [3.63, 3.8) is 0 Å². The number of nitrogen functional groups attached to an aromatic ring is 1. The Bertz CT molecular complexity index is 423. The van der Waals surface area contributed by atoms with Crippen LogP contribution in [0.15, 0.2) is 0 Å². The summed E-state index contributed by atoms with van der Waals surface area (Å²) < 4.78 is 1.73. The van der Waals surface area contributed by atoms with Gasteiger partial charge in [-0.15, -0.1) is 0 Å². The topological polar surface area (TPSA) is 87.5 Å². The van der Waals surface area contributed by atoms with Crippen molar-refractivity contribution in [3.05, 3.63) is 11.4 Å². The number of anilines is 1. The van der Waals surface area contributed by atoms with Crippen LogP contribution in [-0.2, 0) is 6.54 Å². The molecule has 1 unspecified atom stereocenters. The number of hydrogen-bond acceptors (Lipinski definition) is 5. The highest BCUT2D eigenvalue weighted by Gasteiger charge is 2.19. The lowest BCUT2D eigenvalue weighted by Gasteiger charge is -2.27. The van der Waals surface area contributed by atoms with Crippen LogP contribution in [-0.4, -0.2) is 56.7 Å². The van der Waals surface area contributed by atoms with E-state index < -0.39 is 11.7 Å². The van der Waals surface area contributed by atoms with Crippen LogP contribution in [0.2, 0.25) is 0 Å². The monoisotopic (exact) mass is 270 g/mol. The first-order valence-electron chi connectivity index (χ1n) is 6.48. The third-order valence-corrected chi connectivity index (χ3v) is 3.00. The van der Waals surface area contributed by atoms with Gasteiger partial charge in [0.05, 0.1) is 35.3 Å². The molecule has 0 radical (unpaired) electrons. The molecule has 1 atom stereocenters. The lowest BCUT2D eigenvalue weighted by atomic mass is 10.1. The van der Waals surface area contributed by atoms with Gasteiger partial charge in [-0.1, -0.05) is 0 Å². The van der Waals surface area contributed by atoms with E-state index in [2.05, 4.69) is 5.10 Å². The van der Waals surface area contributed by atoms with Crippen molar-refractivity contribution in [3.8, 4) is 0 Å². The Labute approximate surface area is 114 Å². The summed E-state index contributed by atoms with van der Waals surface area (Å²) in [4.78, 5) is 1.90. The first kappa shape index (κ1) is 15.9. The Morgan fingerprint density at radius 1 is 1.42 bits per heavy atom. The van der Waals surface area contributed by atoms with Gasteiger partial charge in [0.1, 0.15) is 0 Å². The minimum Gasteiger partial charge on any atom is -0.396 e. The Hall–Kier alpha value is -1.11. The molecule has 0 saturated carbocycles. The first-order chi connectivity index (χ1) is 8.60. The molecular weight excluding hydrogens is 244 g/mol. The van der Waals surface area contributed by atoms with E-state index in [4.69, 9.17) is 5.73 Å². The van der Waals surface area contributed by atoms with E-state index in [1.807, 2.05) is 25.8 Å². The van der Waals surface area contributed by atoms with Crippen molar-refractivity contribution in [2.24, 2.45) is 0 Å². The number of aryl methyl sites for hydroxylation is 1. The van der Waals surface area contributed by atoms with Gasteiger partial charge in [0.2, 0.25) is 0 Å². The molecule has 0 fully saturated rings. The highest BCUT2D eigenvalue weighted by Crippen LogP contribution is 2.15. The van der Waals surface area contributed by atoms with Gasteiger partial charge in [-0.25, -0.2) is 0 Å². The number of likely N-dealkylation sites (N-methyl/N-ethyl adjacent to an activating group) is 1. The molecule has 6 heteroatoms. The van der Waals surface area contributed by atoms with E-state index in [1.165, 1.54) is 0 Å². The highest BCUT2D eigenvalue weighted by atomic mass is 16.3. The smallest absolute Gasteiger partial charge is 0.0862 e. The van der Waals surface area contributed by atoms with Gasteiger partial charge in [-0.2, -0.15) is 5.10 Å². The molecule has 0 spiro atoms. The summed E-state index contributed by atoms with van der Waals surface area (Å²) in [6.07, 6.45) is -0.551. The molecule has 1 aromatic heterocycles. The molecule has 0 aliphatic rings. The van der Waals surface area contributed by atoms with Gasteiger partial charge in [0, 0.05) is 13.1 Å². The maximum Gasteiger partial charge on any atom is 0.0862 e. The third-order valence-electron chi connectivity index (χ3n) is 3.00. The van der Waals surface area contributed by atoms with Crippen molar-refractivity contribution >= 4 is 5.69 Å². The lowest BCUT2D eigenvalue weighted by molar-refractivity contribution is 0.0253. The lowest BCUT2D eigenvalue weighted by Crippen LogP contribution is -2.41. The minimum atomic E-state index is -0.767. The van der Waals surface area contributed by atoms with Crippen LogP contribution in [0.25, 0.3) is 0 Å². The van der Waals surface area contributed by atoms with Crippen molar-refractivity contribution in [2.75, 3.05) is 25.9 Å². The zero-order valence-electron chi connectivity index (χ0n) is 12.5. The number of hydrogen-bond donors (Lipinski definition) is 3. The summed E-state index contributed by atoms with van der Waals surface area (Å²) in [7, 11) is 1.87. The van der Waals surface area contributed by atoms with Crippen LogP contribution in [0.5, 0.6) is 0 Å². The number of aliphatic hydroxyl groups excluding tert-OH is 1. The standard InChI is InChI=1S/C13H26N4O2/c1-9-12(14)10(2)17(15-9)7-11(18)6-16(5)8-13(3,4)19/h11,18-19H,6-8,14H2,1-5H3. The van der Waals surface area contributed by atoms with Gasteiger partial charge in [0.15, 0.2) is 0 Å². The molecule has 6 nitrogen and oxygen atoms in total. The van der Waals surface area contributed by atoms with Crippen LogP contribution in [0.3, 0.4) is 0 Å². The summed E-state index contributed by atoms with van der Waals surface area (Å²) in [6.45, 7) is 8.62. The summed E-state index contributed by atoms with van der Waals surface area (Å²) >= 11 is 0. The second kappa shape index (κ2) is 5.90. The zero-order valence-corrected chi connectivity index (χ0v) is 12.5. The maximum atomic E-state index is 10.1. The molecule has 19 heavy (non-hydrogen) atoms. The van der Waals surface area contributed by atoms with E-state index in [1.54, 1.807) is 18.5 Å². The normalized spacial score (nSPS) is 14.1. The number of nitrogens with two attached hydrogens (primary N) is 1. The van der Waals surface area contributed by atoms with E-state index in [9.17, 15) is 10.2 Å². The largest absolute Gasteiger partial charge is 0.396 e. The van der Waals surface area contributed by atoms with Gasteiger partial charge >= 0.3 is 0 Å². The average Bonchev–Trinajstić information content (AvgIpc) is 2.43. The first-order valence-corrected chi connectivity index (χ1v) is 6.48. The molecule has 0 amide bonds. The fourth-order valence-corrected chi connectivity index (χ4v) is 2.23.